The highest BCUT2D eigenvalue weighted by molar-refractivity contribution is 7.89. The van der Waals surface area contributed by atoms with Crippen LogP contribution in [0.15, 0.2) is 23.2 Å². The molecule has 2 N–H and O–H groups in total. The molecule has 0 amide bonds. The molecule has 1 fully saturated rings. The Labute approximate surface area is 118 Å². The molecule has 1 aliphatic rings. The molecule has 0 bridgehead atoms. The monoisotopic (exact) mass is 301 g/mol. The number of morpholine rings is 1. The first-order valence-electron chi connectivity index (χ1n) is 6.38. The second kappa shape index (κ2) is 6.04. The maximum Gasteiger partial charge on any atom is 0.246 e. The molecule has 2 atom stereocenters. The number of ether oxygens (including phenoxy) is 1. The minimum atomic E-state index is -3.66. The van der Waals surface area contributed by atoms with E-state index in [9.17, 15) is 13.5 Å². The van der Waals surface area contributed by atoms with Crippen LogP contribution >= 0.6 is 0 Å². The molecule has 1 saturated heterocycles. The Morgan fingerprint density at radius 3 is 2.95 bits per heavy atom. The molecule has 112 valence electrons. The van der Waals surface area contributed by atoms with Crippen molar-refractivity contribution in [3.63, 3.8) is 0 Å². The highest BCUT2D eigenvalue weighted by Gasteiger charge is 2.34. The predicted molar refractivity (Wildman–Crippen MR) is 74.0 cm³/mol. The summed E-state index contributed by atoms with van der Waals surface area (Å²) in [5.74, 6) is 0.312. The number of aromatic nitrogens is 1. The van der Waals surface area contributed by atoms with Crippen LogP contribution in [0.5, 0.6) is 0 Å². The van der Waals surface area contributed by atoms with Crippen molar-refractivity contribution in [3.05, 3.63) is 18.3 Å². The Bertz CT molecular complexity index is 564. The standard InChI is InChI=1S/C12H19N3O4S/c1-9-6-15(7-10(8-16)19-9)20(17,18)11-4-3-5-14-12(11)13-2/h3-5,9-10,16H,6-8H2,1-2H3,(H,13,14). The summed E-state index contributed by atoms with van der Waals surface area (Å²) in [6, 6.07) is 3.10. The number of anilines is 1. The summed E-state index contributed by atoms with van der Waals surface area (Å²) in [6.45, 7) is 1.98. The van der Waals surface area contributed by atoms with Gasteiger partial charge in [0, 0.05) is 26.3 Å². The van der Waals surface area contributed by atoms with Gasteiger partial charge in [-0.15, -0.1) is 0 Å². The minimum Gasteiger partial charge on any atom is -0.394 e. The minimum absolute atomic E-state index is 0.133. The van der Waals surface area contributed by atoms with Crippen LogP contribution in [0.3, 0.4) is 0 Å². The molecule has 7 nitrogen and oxygen atoms in total. The molecule has 0 aromatic carbocycles. The summed E-state index contributed by atoms with van der Waals surface area (Å²) < 4.78 is 32.2. The number of sulfonamides is 1. The van der Waals surface area contributed by atoms with Crippen molar-refractivity contribution < 1.29 is 18.3 Å². The first-order chi connectivity index (χ1) is 9.48. The quantitative estimate of drug-likeness (QED) is 0.806. The molecule has 2 heterocycles. The summed E-state index contributed by atoms with van der Waals surface area (Å²) in [7, 11) is -2.04. The van der Waals surface area contributed by atoms with Gasteiger partial charge in [-0.2, -0.15) is 4.31 Å². The Kier molecular flexibility index (Phi) is 4.59. The van der Waals surface area contributed by atoms with Crippen LogP contribution in [0.1, 0.15) is 6.92 Å². The van der Waals surface area contributed by atoms with E-state index in [-0.39, 0.29) is 30.7 Å². The summed E-state index contributed by atoms with van der Waals surface area (Å²) >= 11 is 0. The second-order valence-corrected chi connectivity index (χ2v) is 6.58. The van der Waals surface area contributed by atoms with E-state index in [0.717, 1.165) is 0 Å². The molecule has 20 heavy (non-hydrogen) atoms. The number of pyridine rings is 1. The molecule has 0 radical (unpaired) electrons. The largest absolute Gasteiger partial charge is 0.394 e. The molecule has 2 unspecified atom stereocenters. The van der Waals surface area contributed by atoms with E-state index >= 15 is 0 Å². The Morgan fingerprint density at radius 2 is 2.30 bits per heavy atom. The lowest BCUT2D eigenvalue weighted by Crippen LogP contribution is -2.50. The zero-order valence-corrected chi connectivity index (χ0v) is 12.3. The third kappa shape index (κ3) is 2.93. The van der Waals surface area contributed by atoms with E-state index in [1.54, 1.807) is 20.0 Å². The molecule has 2 rings (SSSR count). The predicted octanol–water partition coefficient (Wildman–Crippen LogP) is -0.106. The molecule has 0 aliphatic carbocycles. The first kappa shape index (κ1) is 15.2. The van der Waals surface area contributed by atoms with Crippen LogP contribution in [0.4, 0.5) is 5.82 Å². The van der Waals surface area contributed by atoms with Gasteiger partial charge in [0.1, 0.15) is 10.7 Å². The van der Waals surface area contributed by atoms with Crippen molar-refractivity contribution in [2.75, 3.05) is 32.1 Å². The lowest BCUT2D eigenvalue weighted by Gasteiger charge is -2.35. The summed E-state index contributed by atoms with van der Waals surface area (Å²) in [5, 5.41) is 12.0. The van der Waals surface area contributed by atoms with Crippen LogP contribution in [-0.4, -0.2) is 61.8 Å². The highest BCUT2D eigenvalue weighted by Crippen LogP contribution is 2.25. The van der Waals surface area contributed by atoms with Gasteiger partial charge >= 0.3 is 0 Å². The van der Waals surface area contributed by atoms with Crippen LogP contribution in [-0.2, 0) is 14.8 Å². The topological polar surface area (TPSA) is 91.8 Å². The third-order valence-corrected chi connectivity index (χ3v) is 4.98. The second-order valence-electron chi connectivity index (χ2n) is 4.67. The van der Waals surface area contributed by atoms with Gasteiger partial charge in [0.05, 0.1) is 18.8 Å². The number of nitrogens with one attached hydrogen (secondary N) is 1. The van der Waals surface area contributed by atoms with Gasteiger partial charge in [-0.3, -0.25) is 0 Å². The maximum absolute atomic E-state index is 12.7. The van der Waals surface area contributed by atoms with Gasteiger partial charge in [-0.25, -0.2) is 13.4 Å². The van der Waals surface area contributed by atoms with Gasteiger partial charge in [0.2, 0.25) is 10.0 Å². The zero-order valence-electron chi connectivity index (χ0n) is 11.5. The fourth-order valence-corrected chi connectivity index (χ4v) is 3.92. The Hall–Kier alpha value is -1.22. The molecule has 0 spiro atoms. The van der Waals surface area contributed by atoms with Gasteiger partial charge in [-0.1, -0.05) is 0 Å². The van der Waals surface area contributed by atoms with Crippen molar-refractivity contribution >= 4 is 15.8 Å². The van der Waals surface area contributed by atoms with Crippen molar-refractivity contribution in [2.45, 2.75) is 24.0 Å². The van der Waals surface area contributed by atoms with Crippen LogP contribution in [0, 0.1) is 0 Å². The van der Waals surface area contributed by atoms with Gasteiger partial charge in [0.15, 0.2) is 0 Å². The molecule has 8 heteroatoms. The van der Waals surface area contributed by atoms with E-state index in [0.29, 0.717) is 5.82 Å². The third-order valence-electron chi connectivity index (χ3n) is 3.12. The van der Waals surface area contributed by atoms with Crippen molar-refractivity contribution in [2.24, 2.45) is 0 Å². The van der Waals surface area contributed by atoms with Gasteiger partial charge < -0.3 is 15.2 Å². The van der Waals surface area contributed by atoms with E-state index in [1.165, 1.54) is 16.6 Å². The highest BCUT2D eigenvalue weighted by atomic mass is 32.2. The number of aliphatic hydroxyl groups excluding tert-OH is 1. The molecule has 1 aromatic heterocycles. The number of hydrogen-bond acceptors (Lipinski definition) is 6. The van der Waals surface area contributed by atoms with Crippen molar-refractivity contribution in [3.8, 4) is 0 Å². The average molecular weight is 301 g/mol. The lowest BCUT2D eigenvalue weighted by molar-refractivity contribution is -0.0750. The smallest absolute Gasteiger partial charge is 0.246 e. The van der Waals surface area contributed by atoms with Crippen LogP contribution in [0.2, 0.25) is 0 Å². The normalized spacial score (nSPS) is 24.6. The number of hydrogen-bond donors (Lipinski definition) is 2. The number of aliphatic hydroxyl groups is 1. The van der Waals surface area contributed by atoms with E-state index < -0.39 is 16.1 Å². The Balaban J connectivity index is 2.34. The number of nitrogens with zero attached hydrogens (tertiary/aromatic N) is 2. The molecule has 1 aliphatic heterocycles. The van der Waals surface area contributed by atoms with E-state index in [1.807, 2.05) is 0 Å². The summed E-state index contributed by atoms with van der Waals surface area (Å²) in [5.41, 5.74) is 0. The first-order valence-corrected chi connectivity index (χ1v) is 7.82. The molecular weight excluding hydrogens is 282 g/mol. The SMILES string of the molecule is CNc1ncccc1S(=O)(=O)N1CC(C)OC(CO)C1. The zero-order chi connectivity index (χ0) is 14.8. The Morgan fingerprint density at radius 1 is 1.55 bits per heavy atom. The van der Waals surface area contributed by atoms with Crippen molar-refractivity contribution in [1.82, 2.24) is 9.29 Å². The molecule has 1 aromatic rings. The van der Waals surface area contributed by atoms with E-state index in [4.69, 9.17) is 4.74 Å². The molecule has 0 saturated carbocycles. The fourth-order valence-electron chi connectivity index (χ4n) is 2.23. The fraction of sp³-hybridized carbons (Fsp3) is 0.583. The van der Waals surface area contributed by atoms with Gasteiger partial charge in [0.25, 0.3) is 0 Å². The van der Waals surface area contributed by atoms with Crippen LogP contribution < -0.4 is 5.32 Å². The summed E-state index contributed by atoms with van der Waals surface area (Å²) in [4.78, 5) is 4.15. The van der Waals surface area contributed by atoms with Crippen LogP contribution in [0.25, 0.3) is 0 Å². The van der Waals surface area contributed by atoms with Crippen molar-refractivity contribution in [1.29, 1.82) is 0 Å². The lowest BCUT2D eigenvalue weighted by atomic mass is 10.2. The number of rotatable bonds is 4. The van der Waals surface area contributed by atoms with E-state index in [2.05, 4.69) is 10.3 Å². The summed E-state index contributed by atoms with van der Waals surface area (Å²) in [6.07, 6.45) is 0.775. The molecular formula is C12H19N3O4S. The average Bonchev–Trinajstić information content (AvgIpc) is 2.46. The van der Waals surface area contributed by atoms with Gasteiger partial charge in [-0.05, 0) is 19.1 Å². The maximum atomic E-state index is 12.7.